The highest BCUT2D eigenvalue weighted by molar-refractivity contribution is 9.10. The lowest BCUT2D eigenvalue weighted by molar-refractivity contribution is -0.385. The van der Waals surface area contributed by atoms with Gasteiger partial charge in [-0.3, -0.25) is 10.1 Å². The molecule has 0 radical (unpaired) electrons. The van der Waals surface area contributed by atoms with Crippen molar-refractivity contribution in [3.05, 3.63) is 66.8 Å². The summed E-state index contributed by atoms with van der Waals surface area (Å²) in [7, 11) is 0. The van der Waals surface area contributed by atoms with E-state index in [9.17, 15) is 14.5 Å². The molecule has 0 aliphatic heterocycles. The molecule has 0 unspecified atom stereocenters. The van der Waals surface area contributed by atoms with Gasteiger partial charge >= 0.3 is 0 Å². The summed E-state index contributed by atoms with van der Waals surface area (Å²) >= 11 is 6.33. The number of benzene rings is 2. The van der Waals surface area contributed by atoms with Gasteiger partial charge in [-0.05, 0) is 24.3 Å². The third-order valence-corrected chi connectivity index (χ3v) is 3.43. The van der Waals surface area contributed by atoms with Crippen LogP contribution in [0.5, 0.6) is 5.75 Å². The van der Waals surface area contributed by atoms with E-state index in [2.05, 4.69) is 31.9 Å². The van der Waals surface area contributed by atoms with E-state index < -0.39 is 10.7 Å². The summed E-state index contributed by atoms with van der Waals surface area (Å²) in [4.78, 5) is 10.5. The fourth-order valence-electron chi connectivity index (χ4n) is 1.60. The molecule has 2 aromatic rings. The number of nitro groups is 1. The monoisotopic (exact) mass is 403 g/mol. The minimum absolute atomic E-state index is 0.0144. The molecule has 0 N–H and O–H groups in total. The summed E-state index contributed by atoms with van der Waals surface area (Å²) < 4.78 is 19.7. The highest BCUT2D eigenvalue weighted by Crippen LogP contribution is 2.26. The Hall–Kier alpha value is -1.47. The van der Waals surface area contributed by atoms with Crippen LogP contribution in [0.25, 0.3) is 0 Å². The van der Waals surface area contributed by atoms with Crippen LogP contribution in [0.4, 0.5) is 10.1 Å². The quantitative estimate of drug-likeness (QED) is 0.541. The van der Waals surface area contributed by atoms with Gasteiger partial charge in [0.15, 0.2) is 0 Å². The number of hydrogen-bond donors (Lipinski definition) is 0. The molecule has 0 aliphatic carbocycles. The highest BCUT2D eigenvalue weighted by atomic mass is 79.9. The molecule has 0 spiro atoms. The third kappa shape index (κ3) is 3.77. The molecule has 0 saturated heterocycles. The maximum absolute atomic E-state index is 13.2. The minimum Gasteiger partial charge on any atom is -0.488 e. The van der Waals surface area contributed by atoms with Crippen LogP contribution in [0, 0.1) is 15.9 Å². The topological polar surface area (TPSA) is 52.4 Å². The number of rotatable bonds is 4. The van der Waals surface area contributed by atoms with E-state index in [1.54, 1.807) is 18.2 Å². The van der Waals surface area contributed by atoms with Crippen molar-refractivity contribution < 1.29 is 14.1 Å². The van der Waals surface area contributed by atoms with Crippen molar-refractivity contribution in [3.63, 3.8) is 0 Å². The van der Waals surface area contributed by atoms with E-state index >= 15 is 0 Å². The average molecular weight is 405 g/mol. The molecule has 0 amide bonds. The van der Waals surface area contributed by atoms with Gasteiger partial charge in [0.1, 0.15) is 18.2 Å². The molecule has 2 aromatic carbocycles. The largest absolute Gasteiger partial charge is 0.488 e. The Kier molecular flexibility index (Phi) is 4.72. The maximum Gasteiger partial charge on any atom is 0.277 e. The van der Waals surface area contributed by atoms with Gasteiger partial charge < -0.3 is 4.74 Å². The Balaban J connectivity index is 2.20. The predicted molar refractivity (Wildman–Crippen MR) is 79.2 cm³/mol. The minimum atomic E-state index is -0.481. The SMILES string of the molecule is O=[N+]([O-])c1cc(Br)ccc1COc1cc(F)cc(Br)c1. The van der Waals surface area contributed by atoms with Crippen LogP contribution in [0.15, 0.2) is 45.3 Å². The summed E-state index contributed by atoms with van der Waals surface area (Å²) in [5.41, 5.74) is 0.369. The smallest absolute Gasteiger partial charge is 0.277 e. The first-order valence-electron chi connectivity index (χ1n) is 5.47. The van der Waals surface area contributed by atoms with Gasteiger partial charge in [0.2, 0.25) is 0 Å². The Morgan fingerprint density at radius 1 is 1.15 bits per heavy atom. The van der Waals surface area contributed by atoms with Crippen molar-refractivity contribution in [1.29, 1.82) is 0 Å². The first-order valence-corrected chi connectivity index (χ1v) is 7.06. The lowest BCUT2D eigenvalue weighted by Gasteiger charge is -2.08. The van der Waals surface area contributed by atoms with E-state index in [1.165, 1.54) is 18.2 Å². The molecule has 0 aromatic heterocycles. The molecule has 104 valence electrons. The van der Waals surface area contributed by atoms with Gasteiger partial charge in [0.05, 0.1) is 10.5 Å². The third-order valence-electron chi connectivity index (χ3n) is 2.47. The molecule has 0 aliphatic rings. The normalized spacial score (nSPS) is 10.3. The number of ether oxygens (including phenoxy) is 1. The van der Waals surface area contributed by atoms with Gasteiger partial charge in [-0.1, -0.05) is 31.9 Å². The average Bonchev–Trinajstić information content (AvgIpc) is 2.36. The molecule has 20 heavy (non-hydrogen) atoms. The summed E-state index contributed by atoms with van der Waals surface area (Å²) in [6, 6.07) is 8.79. The van der Waals surface area contributed by atoms with E-state index in [1.807, 2.05) is 0 Å². The summed E-state index contributed by atoms with van der Waals surface area (Å²) in [5, 5.41) is 11.0. The maximum atomic E-state index is 13.2. The van der Waals surface area contributed by atoms with Gasteiger partial charge in [-0.15, -0.1) is 0 Å². The second kappa shape index (κ2) is 6.32. The van der Waals surface area contributed by atoms with Crippen molar-refractivity contribution in [2.24, 2.45) is 0 Å². The summed E-state index contributed by atoms with van der Waals surface area (Å²) in [5.74, 6) is -0.145. The summed E-state index contributed by atoms with van der Waals surface area (Å²) in [6.45, 7) is -0.0144. The number of hydrogen-bond acceptors (Lipinski definition) is 3. The fraction of sp³-hybridized carbons (Fsp3) is 0.0769. The van der Waals surface area contributed by atoms with Crippen LogP contribution in [0.1, 0.15) is 5.56 Å². The molecule has 0 heterocycles. The zero-order chi connectivity index (χ0) is 14.7. The molecule has 0 atom stereocenters. The van der Waals surface area contributed by atoms with Crippen LogP contribution in [0.3, 0.4) is 0 Å². The highest BCUT2D eigenvalue weighted by Gasteiger charge is 2.14. The van der Waals surface area contributed by atoms with Crippen LogP contribution in [-0.2, 0) is 6.61 Å². The van der Waals surface area contributed by atoms with Crippen LogP contribution < -0.4 is 4.74 Å². The Bertz CT molecular complexity index is 644. The molecule has 0 bridgehead atoms. The lowest BCUT2D eigenvalue weighted by Crippen LogP contribution is -2.01. The van der Waals surface area contributed by atoms with Crippen LogP contribution in [0.2, 0.25) is 0 Å². The Morgan fingerprint density at radius 2 is 1.90 bits per heavy atom. The van der Waals surface area contributed by atoms with Gasteiger partial charge in [0.25, 0.3) is 5.69 Å². The second-order valence-electron chi connectivity index (χ2n) is 3.92. The zero-order valence-electron chi connectivity index (χ0n) is 9.98. The van der Waals surface area contributed by atoms with E-state index in [4.69, 9.17) is 4.74 Å². The van der Waals surface area contributed by atoms with Crippen molar-refractivity contribution >= 4 is 37.5 Å². The van der Waals surface area contributed by atoms with E-state index in [0.717, 1.165) is 0 Å². The Labute approximate surface area is 131 Å². The lowest BCUT2D eigenvalue weighted by atomic mass is 10.2. The van der Waals surface area contributed by atoms with Crippen LogP contribution >= 0.6 is 31.9 Å². The molecule has 0 fully saturated rings. The van der Waals surface area contributed by atoms with E-state index in [-0.39, 0.29) is 12.3 Å². The second-order valence-corrected chi connectivity index (χ2v) is 5.76. The van der Waals surface area contributed by atoms with E-state index in [0.29, 0.717) is 20.3 Å². The fourth-order valence-corrected chi connectivity index (χ4v) is 2.40. The number of halogens is 3. The zero-order valence-corrected chi connectivity index (χ0v) is 13.1. The molecular weight excluding hydrogens is 397 g/mol. The molecule has 0 saturated carbocycles. The first kappa shape index (κ1) is 14.9. The van der Waals surface area contributed by atoms with Crippen molar-refractivity contribution in [1.82, 2.24) is 0 Å². The summed E-state index contributed by atoms with van der Waals surface area (Å²) in [6.07, 6.45) is 0. The van der Waals surface area contributed by atoms with Crippen LogP contribution in [-0.4, -0.2) is 4.92 Å². The predicted octanol–water partition coefficient (Wildman–Crippen LogP) is 4.84. The van der Waals surface area contributed by atoms with Crippen molar-refractivity contribution in [2.75, 3.05) is 0 Å². The van der Waals surface area contributed by atoms with Gasteiger partial charge in [-0.25, -0.2) is 4.39 Å². The molecular formula is C13H8Br2FNO3. The molecule has 7 heteroatoms. The Morgan fingerprint density at radius 3 is 2.55 bits per heavy atom. The molecule has 4 nitrogen and oxygen atoms in total. The molecule has 2 rings (SSSR count). The van der Waals surface area contributed by atoms with Gasteiger partial charge in [0, 0.05) is 21.1 Å². The van der Waals surface area contributed by atoms with Crippen molar-refractivity contribution in [2.45, 2.75) is 6.61 Å². The van der Waals surface area contributed by atoms with Crippen molar-refractivity contribution in [3.8, 4) is 5.75 Å². The first-order chi connectivity index (χ1) is 9.45. The number of nitrogens with zero attached hydrogens (tertiary/aromatic N) is 1. The standard InChI is InChI=1S/C13H8Br2FNO3/c14-9-2-1-8(13(5-9)17(18)19)7-20-12-4-10(15)3-11(16)6-12/h1-6H,7H2. The van der Waals surface area contributed by atoms with Gasteiger partial charge in [-0.2, -0.15) is 0 Å². The number of nitro benzene ring substituents is 1.